The fraction of sp³-hybridized carbons (Fsp3) is 0.877. The molecule has 7 unspecified atom stereocenters. The molecule has 1 rings (SSSR count). The van der Waals surface area contributed by atoms with Crippen molar-refractivity contribution in [2.45, 2.75) is 346 Å². The molecule has 446 valence electrons. The highest BCUT2D eigenvalue weighted by Crippen LogP contribution is 2.23. The smallest absolute Gasteiger partial charge is 0.305 e. The van der Waals surface area contributed by atoms with Gasteiger partial charge in [-0.3, -0.25) is 9.59 Å². The molecule has 76 heavy (non-hydrogen) atoms. The van der Waals surface area contributed by atoms with Crippen LogP contribution in [0, 0.1) is 0 Å². The zero-order chi connectivity index (χ0) is 55.2. The third kappa shape index (κ3) is 43.7. The fourth-order valence-electron chi connectivity index (χ4n) is 10.1. The molecule has 0 aromatic carbocycles. The third-order valence-corrected chi connectivity index (χ3v) is 15.2. The molecule has 0 radical (unpaired) electrons. The van der Waals surface area contributed by atoms with E-state index in [0.717, 1.165) is 57.8 Å². The van der Waals surface area contributed by atoms with E-state index in [2.05, 4.69) is 43.5 Å². The highest BCUT2D eigenvalue weighted by atomic mass is 16.7. The number of hydrogen-bond donors (Lipinski definition) is 6. The lowest BCUT2D eigenvalue weighted by Gasteiger charge is -2.40. The SMILES string of the molecule is CCCCC/C=C/CC/C=C/C(O)C(COC1OC(CO)C(O)C(O)C1O)NC(=O)CCCCCCCCCCCCCC/C=C\CCCCCCCCCCCCCCOC(=O)CCCCCCCCCCCCC. The number of esters is 1. The summed E-state index contributed by atoms with van der Waals surface area (Å²) in [5.41, 5.74) is 0. The van der Waals surface area contributed by atoms with Gasteiger partial charge < -0.3 is 45.1 Å². The number of hydrogen-bond acceptors (Lipinski definition) is 10. The standard InChI is InChI=1S/C65H121NO10/c1-3-5-7-9-11-13-32-37-41-45-49-53-61(70)74-54-50-46-42-38-34-31-29-27-25-23-21-19-17-15-14-16-18-20-22-24-26-28-30-33-36-40-44-48-52-60(69)66-57(58(68)51-47-43-39-35-12-10-8-6-4-2)56-75-65-64(73)63(72)62(71)59(55-67)76-65/h12,14-15,35,47,51,57-59,62-65,67-68,71-73H,3-11,13,16-34,36-46,48-50,52-56H2,1-2H3,(H,66,69)/b15-14-,35-12+,51-47+. The van der Waals surface area contributed by atoms with Crippen LogP contribution in [0.4, 0.5) is 0 Å². The van der Waals surface area contributed by atoms with Crippen molar-refractivity contribution in [3.8, 4) is 0 Å². The van der Waals surface area contributed by atoms with Gasteiger partial charge in [-0.1, -0.05) is 256 Å². The minimum atomic E-state index is -1.58. The van der Waals surface area contributed by atoms with Gasteiger partial charge in [-0.15, -0.1) is 0 Å². The Hall–Kier alpha value is -2.12. The number of rotatable bonds is 56. The van der Waals surface area contributed by atoms with Crippen molar-refractivity contribution in [2.75, 3.05) is 19.8 Å². The highest BCUT2D eigenvalue weighted by molar-refractivity contribution is 5.76. The second-order valence-corrected chi connectivity index (χ2v) is 22.5. The summed E-state index contributed by atoms with van der Waals surface area (Å²) < 4.78 is 16.7. The lowest BCUT2D eigenvalue weighted by atomic mass is 9.99. The maximum absolute atomic E-state index is 13.0. The topological polar surface area (TPSA) is 175 Å². The maximum atomic E-state index is 13.0. The summed E-state index contributed by atoms with van der Waals surface area (Å²) in [6.07, 6.45) is 58.5. The molecule has 0 aromatic heterocycles. The van der Waals surface area contributed by atoms with Crippen molar-refractivity contribution in [3.05, 3.63) is 36.5 Å². The van der Waals surface area contributed by atoms with E-state index in [1.54, 1.807) is 6.08 Å². The lowest BCUT2D eigenvalue weighted by Crippen LogP contribution is -2.60. The molecule has 1 aliphatic heterocycles. The molecule has 11 nitrogen and oxygen atoms in total. The average Bonchev–Trinajstić information content (AvgIpc) is 3.42. The van der Waals surface area contributed by atoms with Crippen LogP contribution in [0.3, 0.4) is 0 Å². The molecule has 1 saturated heterocycles. The van der Waals surface area contributed by atoms with Crippen LogP contribution < -0.4 is 5.32 Å². The van der Waals surface area contributed by atoms with E-state index in [0.29, 0.717) is 19.4 Å². The van der Waals surface area contributed by atoms with Gasteiger partial charge in [0.15, 0.2) is 6.29 Å². The number of amides is 1. The number of aliphatic hydroxyl groups excluding tert-OH is 5. The first-order chi connectivity index (χ1) is 37.2. The average molecular weight is 1080 g/mol. The summed E-state index contributed by atoms with van der Waals surface area (Å²) in [6, 6.07) is -0.826. The maximum Gasteiger partial charge on any atom is 0.305 e. The Bertz CT molecular complexity index is 1360. The minimum absolute atomic E-state index is 0.00599. The number of nitrogens with one attached hydrogen (secondary N) is 1. The molecule has 1 heterocycles. The van der Waals surface area contributed by atoms with Gasteiger partial charge in [0.25, 0.3) is 0 Å². The Morgan fingerprint density at radius 1 is 0.474 bits per heavy atom. The molecule has 1 aliphatic rings. The van der Waals surface area contributed by atoms with E-state index in [-0.39, 0.29) is 18.5 Å². The second kappa shape index (κ2) is 54.8. The van der Waals surface area contributed by atoms with Gasteiger partial charge in [0, 0.05) is 12.8 Å². The molecule has 0 aliphatic carbocycles. The van der Waals surface area contributed by atoms with Crippen molar-refractivity contribution in [3.63, 3.8) is 0 Å². The van der Waals surface area contributed by atoms with Gasteiger partial charge in [0.1, 0.15) is 24.4 Å². The van der Waals surface area contributed by atoms with Crippen molar-refractivity contribution < 1.29 is 49.3 Å². The first kappa shape index (κ1) is 71.9. The van der Waals surface area contributed by atoms with E-state index in [4.69, 9.17) is 14.2 Å². The van der Waals surface area contributed by atoms with Crippen molar-refractivity contribution in [1.82, 2.24) is 5.32 Å². The fourth-order valence-corrected chi connectivity index (χ4v) is 10.1. The van der Waals surface area contributed by atoms with Gasteiger partial charge in [-0.25, -0.2) is 0 Å². The van der Waals surface area contributed by atoms with E-state index < -0.39 is 49.5 Å². The van der Waals surface area contributed by atoms with E-state index in [1.165, 1.54) is 218 Å². The molecular formula is C65H121NO10. The van der Waals surface area contributed by atoms with Crippen LogP contribution in [0.2, 0.25) is 0 Å². The van der Waals surface area contributed by atoms with E-state index in [1.807, 2.05) is 6.08 Å². The van der Waals surface area contributed by atoms with Crippen molar-refractivity contribution >= 4 is 11.9 Å². The summed E-state index contributed by atoms with van der Waals surface area (Å²) in [5.74, 6) is -0.188. The number of allylic oxidation sites excluding steroid dienone is 5. The van der Waals surface area contributed by atoms with Crippen LogP contribution in [-0.4, -0.2) is 100 Å². The minimum Gasteiger partial charge on any atom is -0.466 e. The number of unbranched alkanes of at least 4 members (excludes halogenated alkanes) is 38. The van der Waals surface area contributed by atoms with Crippen LogP contribution in [-0.2, 0) is 23.8 Å². The zero-order valence-corrected chi connectivity index (χ0v) is 49.2. The van der Waals surface area contributed by atoms with Crippen LogP contribution >= 0.6 is 0 Å². The normalized spacial score (nSPS) is 18.9. The number of carbonyl (C=O) groups excluding carboxylic acids is 2. The second-order valence-electron chi connectivity index (χ2n) is 22.5. The van der Waals surface area contributed by atoms with E-state index in [9.17, 15) is 35.1 Å². The molecule has 0 bridgehead atoms. The quantitative estimate of drug-likeness (QED) is 0.0195. The van der Waals surface area contributed by atoms with E-state index >= 15 is 0 Å². The first-order valence-corrected chi connectivity index (χ1v) is 32.3. The van der Waals surface area contributed by atoms with Gasteiger partial charge in [-0.05, 0) is 70.6 Å². The third-order valence-electron chi connectivity index (χ3n) is 15.2. The van der Waals surface area contributed by atoms with Crippen LogP contribution in [0.5, 0.6) is 0 Å². The molecule has 7 atom stereocenters. The number of ether oxygens (including phenoxy) is 3. The number of carbonyl (C=O) groups is 2. The molecule has 1 amide bonds. The molecule has 0 saturated carbocycles. The summed E-state index contributed by atoms with van der Waals surface area (Å²) >= 11 is 0. The van der Waals surface area contributed by atoms with Gasteiger partial charge >= 0.3 is 5.97 Å². The van der Waals surface area contributed by atoms with Crippen LogP contribution in [0.25, 0.3) is 0 Å². The molecule has 0 aromatic rings. The first-order valence-electron chi connectivity index (χ1n) is 32.3. The summed E-state index contributed by atoms with van der Waals surface area (Å²) in [5, 5.41) is 54.2. The van der Waals surface area contributed by atoms with Crippen molar-refractivity contribution in [2.24, 2.45) is 0 Å². The Morgan fingerprint density at radius 2 is 0.855 bits per heavy atom. The van der Waals surface area contributed by atoms with Gasteiger partial charge in [0.2, 0.25) is 5.91 Å². The summed E-state index contributed by atoms with van der Waals surface area (Å²) in [6.45, 7) is 4.29. The lowest BCUT2D eigenvalue weighted by molar-refractivity contribution is -0.302. The molecule has 11 heteroatoms. The Kier molecular flexibility index (Phi) is 51.9. The number of aliphatic hydroxyl groups is 5. The molecule has 1 fully saturated rings. The Labute approximate surface area is 466 Å². The van der Waals surface area contributed by atoms with Gasteiger partial charge in [-0.2, -0.15) is 0 Å². The monoisotopic (exact) mass is 1080 g/mol. The van der Waals surface area contributed by atoms with Crippen LogP contribution in [0.15, 0.2) is 36.5 Å². The molecule has 6 N–H and O–H groups in total. The predicted octanol–water partition coefficient (Wildman–Crippen LogP) is 15.5. The summed E-state index contributed by atoms with van der Waals surface area (Å²) in [7, 11) is 0. The largest absolute Gasteiger partial charge is 0.466 e. The predicted molar refractivity (Wildman–Crippen MR) is 315 cm³/mol. The Balaban J connectivity index is 1.96. The molecular weight excluding hydrogens is 955 g/mol. The molecule has 0 spiro atoms. The van der Waals surface area contributed by atoms with Gasteiger partial charge in [0.05, 0.1) is 32.0 Å². The Morgan fingerprint density at radius 3 is 1.33 bits per heavy atom. The summed E-state index contributed by atoms with van der Waals surface area (Å²) in [4.78, 5) is 25.0. The van der Waals surface area contributed by atoms with Crippen molar-refractivity contribution in [1.29, 1.82) is 0 Å². The van der Waals surface area contributed by atoms with Crippen LogP contribution in [0.1, 0.15) is 303 Å². The highest BCUT2D eigenvalue weighted by Gasteiger charge is 2.44. The zero-order valence-electron chi connectivity index (χ0n) is 49.2.